The van der Waals surface area contributed by atoms with Crippen molar-refractivity contribution >= 4 is 17.6 Å². The molecule has 0 bridgehead atoms. The molecule has 0 saturated heterocycles. The molecule has 0 spiro atoms. The summed E-state index contributed by atoms with van der Waals surface area (Å²) < 4.78 is 55.3. The maximum Gasteiger partial charge on any atom is 0.426 e. The Morgan fingerprint density at radius 2 is 2.09 bits per heavy atom. The molecule has 0 amide bonds. The molecular weight excluding hydrogens is 338 g/mol. The predicted molar refractivity (Wildman–Crippen MR) is 74.7 cm³/mol. The highest BCUT2D eigenvalue weighted by molar-refractivity contribution is 6.30. The number of halogens is 5. The molecule has 0 aliphatic heterocycles. The van der Waals surface area contributed by atoms with Crippen molar-refractivity contribution in [1.82, 2.24) is 4.98 Å². The molecule has 0 radical (unpaired) electrons. The molecule has 2 atom stereocenters. The number of hydrogen-bond acceptors (Lipinski definition) is 3. The summed E-state index contributed by atoms with van der Waals surface area (Å²) in [4.78, 5) is 15.6. The van der Waals surface area contributed by atoms with Gasteiger partial charge in [0, 0.05) is 0 Å². The lowest BCUT2D eigenvalue weighted by Gasteiger charge is -2.05. The number of hydrogen-bond donors (Lipinski definition) is 0. The lowest BCUT2D eigenvalue weighted by Crippen LogP contribution is -2.11. The van der Waals surface area contributed by atoms with Gasteiger partial charge in [0.25, 0.3) is 0 Å². The maximum absolute atomic E-state index is 12.9. The van der Waals surface area contributed by atoms with Crippen LogP contribution in [-0.2, 0) is 16.1 Å². The van der Waals surface area contributed by atoms with E-state index < -0.39 is 40.4 Å². The van der Waals surface area contributed by atoms with Crippen LogP contribution in [0.3, 0.4) is 0 Å². The molecule has 2 unspecified atom stereocenters. The van der Waals surface area contributed by atoms with Crippen LogP contribution in [0.2, 0.25) is 0 Å². The van der Waals surface area contributed by atoms with Crippen molar-refractivity contribution in [3.8, 4) is 0 Å². The van der Waals surface area contributed by atoms with Crippen LogP contribution in [0.4, 0.5) is 17.6 Å². The monoisotopic (exact) mass is 351 g/mol. The van der Waals surface area contributed by atoms with Crippen LogP contribution >= 0.6 is 11.6 Å². The molecule has 3 nitrogen and oxygen atoms in total. The summed E-state index contributed by atoms with van der Waals surface area (Å²) in [5.74, 6) is -2.76. The van der Waals surface area contributed by atoms with E-state index in [0.717, 1.165) is 12.1 Å². The zero-order chi connectivity index (χ0) is 17.4. The fraction of sp³-hybridized carbons (Fsp3) is 0.467. The van der Waals surface area contributed by atoms with Crippen molar-refractivity contribution < 1.29 is 27.1 Å². The minimum Gasteiger partial charge on any atom is -0.459 e. The fourth-order valence-corrected chi connectivity index (χ4v) is 2.59. The molecule has 1 heterocycles. The van der Waals surface area contributed by atoms with Gasteiger partial charge in [-0.2, -0.15) is 17.6 Å². The Kier molecular flexibility index (Phi) is 4.71. The Hall–Kier alpha value is -1.63. The first-order valence-corrected chi connectivity index (χ1v) is 7.14. The van der Waals surface area contributed by atoms with Gasteiger partial charge in [-0.25, -0.2) is 4.98 Å². The van der Waals surface area contributed by atoms with Crippen LogP contribution in [-0.4, -0.2) is 17.1 Å². The van der Waals surface area contributed by atoms with E-state index in [2.05, 4.69) is 4.98 Å². The molecule has 1 aromatic rings. The van der Waals surface area contributed by atoms with Crippen molar-refractivity contribution in [2.45, 2.75) is 26.6 Å². The van der Waals surface area contributed by atoms with E-state index >= 15 is 0 Å². The summed E-state index contributed by atoms with van der Waals surface area (Å²) in [5, 5.41) is -1.25. The van der Waals surface area contributed by atoms with E-state index in [1.807, 2.05) is 0 Å². The van der Waals surface area contributed by atoms with Gasteiger partial charge in [0.05, 0.1) is 11.6 Å². The summed E-state index contributed by atoms with van der Waals surface area (Å²) in [6, 6.07) is 4.04. The molecular formula is C15H14ClF4NO2. The third-order valence-electron chi connectivity index (χ3n) is 3.90. The van der Waals surface area contributed by atoms with Crippen molar-refractivity contribution in [3.63, 3.8) is 0 Å². The maximum atomic E-state index is 12.9. The lowest BCUT2D eigenvalue weighted by atomic mass is 10.1. The fourth-order valence-electron chi connectivity index (χ4n) is 2.46. The standard InChI is InChI=1S/C15H14ClF4NO2/c1-14(2)9(6-10(16)15(18,19)20)12(14)13(22)23-7-8-4-3-5-11(17)21-8/h3-6,9,12H,7H2,1-2H3/b10-6+. The molecule has 1 aliphatic rings. The molecule has 0 N–H and O–H groups in total. The largest absolute Gasteiger partial charge is 0.459 e. The molecule has 126 valence electrons. The Balaban J connectivity index is 2.00. The minimum absolute atomic E-state index is 0.220. The number of allylic oxidation sites excluding steroid dienone is 2. The van der Waals surface area contributed by atoms with Gasteiger partial charge in [-0.05, 0) is 23.5 Å². The number of pyridine rings is 1. The van der Waals surface area contributed by atoms with E-state index in [1.165, 1.54) is 12.1 Å². The molecule has 1 aromatic heterocycles. The number of carbonyl (C=O) groups is 1. The van der Waals surface area contributed by atoms with Crippen LogP contribution in [0.15, 0.2) is 29.3 Å². The van der Waals surface area contributed by atoms with Crippen LogP contribution in [0, 0.1) is 23.2 Å². The molecule has 1 aliphatic carbocycles. The van der Waals surface area contributed by atoms with Crippen molar-refractivity contribution in [2.24, 2.45) is 17.3 Å². The van der Waals surface area contributed by atoms with Gasteiger partial charge in [0.1, 0.15) is 11.6 Å². The van der Waals surface area contributed by atoms with Crippen LogP contribution in [0.25, 0.3) is 0 Å². The van der Waals surface area contributed by atoms with E-state index in [-0.39, 0.29) is 12.3 Å². The molecule has 8 heteroatoms. The second-order valence-corrected chi connectivity index (χ2v) is 6.30. The Labute approximate surface area is 135 Å². The Morgan fingerprint density at radius 3 is 2.65 bits per heavy atom. The first kappa shape index (κ1) is 17.7. The van der Waals surface area contributed by atoms with Gasteiger partial charge in [-0.15, -0.1) is 0 Å². The first-order chi connectivity index (χ1) is 10.5. The number of rotatable bonds is 4. The van der Waals surface area contributed by atoms with Crippen molar-refractivity contribution in [3.05, 3.63) is 40.9 Å². The van der Waals surface area contributed by atoms with Crippen molar-refractivity contribution in [1.29, 1.82) is 0 Å². The number of alkyl halides is 3. The first-order valence-electron chi connectivity index (χ1n) is 6.76. The second kappa shape index (κ2) is 6.11. The van der Waals surface area contributed by atoms with Gasteiger partial charge in [-0.3, -0.25) is 4.79 Å². The summed E-state index contributed by atoms with van der Waals surface area (Å²) in [7, 11) is 0. The summed E-state index contributed by atoms with van der Waals surface area (Å²) in [5.41, 5.74) is -0.463. The normalized spacial score (nSPS) is 23.5. The van der Waals surface area contributed by atoms with Crippen LogP contribution in [0.1, 0.15) is 19.5 Å². The number of carbonyl (C=O) groups excluding carboxylic acids is 1. The zero-order valence-electron chi connectivity index (χ0n) is 12.3. The quantitative estimate of drug-likeness (QED) is 0.463. The van der Waals surface area contributed by atoms with Gasteiger partial charge >= 0.3 is 12.1 Å². The highest BCUT2D eigenvalue weighted by Crippen LogP contribution is 2.60. The molecule has 1 saturated carbocycles. The lowest BCUT2D eigenvalue weighted by molar-refractivity contribution is -0.147. The van der Waals surface area contributed by atoms with E-state index in [9.17, 15) is 22.4 Å². The number of aromatic nitrogens is 1. The zero-order valence-corrected chi connectivity index (χ0v) is 13.1. The number of nitrogens with zero attached hydrogens (tertiary/aromatic N) is 1. The highest BCUT2D eigenvalue weighted by Gasteiger charge is 2.62. The van der Waals surface area contributed by atoms with E-state index in [4.69, 9.17) is 16.3 Å². The summed E-state index contributed by atoms with van der Waals surface area (Å²) in [6.07, 6.45) is -3.80. The van der Waals surface area contributed by atoms with Crippen LogP contribution in [0.5, 0.6) is 0 Å². The predicted octanol–water partition coefficient (Wildman–Crippen LogP) is 4.22. The Morgan fingerprint density at radius 1 is 1.43 bits per heavy atom. The molecule has 1 fully saturated rings. The molecule has 0 aromatic carbocycles. The third-order valence-corrected chi connectivity index (χ3v) is 4.24. The minimum atomic E-state index is -4.64. The summed E-state index contributed by atoms with van der Waals surface area (Å²) in [6.45, 7) is 3.06. The van der Waals surface area contributed by atoms with Crippen molar-refractivity contribution in [2.75, 3.05) is 0 Å². The second-order valence-electron chi connectivity index (χ2n) is 5.90. The van der Waals surface area contributed by atoms with E-state index in [1.54, 1.807) is 13.8 Å². The molecule has 2 rings (SSSR count). The number of ether oxygens (including phenoxy) is 1. The van der Waals surface area contributed by atoms with Gasteiger partial charge in [0.2, 0.25) is 5.95 Å². The molecule has 23 heavy (non-hydrogen) atoms. The smallest absolute Gasteiger partial charge is 0.426 e. The number of esters is 1. The third kappa shape index (κ3) is 4.02. The van der Waals surface area contributed by atoms with Crippen LogP contribution < -0.4 is 0 Å². The van der Waals surface area contributed by atoms with E-state index in [0.29, 0.717) is 0 Å². The topological polar surface area (TPSA) is 39.2 Å². The Bertz CT molecular complexity index is 643. The average molecular weight is 352 g/mol. The highest BCUT2D eigenvalue weighted by atomic mass is 35.5. The van der Waals surface area contributed by atoms with Gasteiger partial charge in [-0.1, -0.05) is 37.6 Å². The SMILES string of the molecule is CC1(C)C(/C=C(/Cl)C(F)(F)F)C1C(=O)OCc1cccc(F)n1. The van der Waals surface area contributed by atoms with Gasteiger partial charge < -0.3 is 4.74 Å². The van der Waals surface area contributed by atoms with Gasteiger partial charge in [0.15, 0.2) is 0 Å². The summed E-state index contributed by atoms with van der Waals surface area (Å²) >= 11 is 5.21. The average Bonchev–Trinajstić information content (AvgIpc) is 2.96.